The molecule has 2 rings (SSSR count). The monoisotopic (exact) mass is 209 g/mol. The number of nitrogens with zero attached hydrogens (tertiary/aromatic N) is 1. The predicted molar refractivity (Wildman–Crippen MR) is 54.8 cm³/mol. The van der Waals surface area contributed by atoms with Gasteiger partial charge in [-0.1, -0.05) is 0 Å². The molecule has 82 valence electrons. The summed E-state index contributed by atoms with van der Waals surface area (Å²) in [6.45, 7) is 3.60. The Hall–Kier alpha value is -1.29. The van der Waals surface area contributed by atoms with Gasteiger partial charge in [0.15, 0.2) is 0 Å². The lowest BCUT2D eigenvalue weighted by molar-refractivity contribution is -0.136. The molecule has 1 aromatic rings. The van der Waals surface area contributed by atoms with E-state index in [2.05, 4.69) is 4.90 Å². The first-order valence-corrected chi connectivity index (χ1v) is 5.08. The van der Waals surface area contributed by atoms with E-state index in [9.17, 15) is 4.79 Å². The third kappa shape index (κ3) is 1.90. The third-order valence-corrected chi connectivity index (χ3v) is 2.89. The van der Waals surface area contributed by atoms with Crippen molar-refractivity contribution in [3.63, 3.8) is 0 Å². The summed E-state index contributed by atoms with van der Waals surface area (Å²) in [4.78, 5) is 12.9. The standard InChI is InChI=1S/C11H15NO3/c1-7-9(5-11(13)14)8-3-4-12(2)6-10(8)15-7/h3-6H2,1-2H3,(H,13,14). The molecule has 4 nitrogen and oxygen atoms in total. The highest BCUT2D eigenvalue weighted by molar-refractivity contribution is 5.71. The zero-order chi connectivity index (χ0) is 11.0. The van der Waals surface area contributed by atoms with Gasteiger partial charge in [-0.25, -0.2) is 0 Å². The molecule has 0 unspecified atom stereocenters. The van der Waals surface area contributed by atoms with Crippen LogP contribution in [0.5, 0.6) is 0 Å². The van der Waals surface area contributed by atoms with Crippen molar-refractivity contribution in [2.75, 3.05) is 13.6 Å². The van der Waals surface area contributed by atoms with E-state index in [1.807, 2.05) is 14.0 Å². The Labute approximate surface area is 88.5 Å². The number of rotatable bonds is 2. The Morgan fingerprint density at radius 3 is 3.00 bits per heavy atom. The molecule has 0 bridgehead atoms. The van der Waals surface area contributed by atoms with Gasteiger partial charge in [-0.15, -0.1) is 0 Å². The van der Waals surface area contributed by atoms with Gasteiger partial charge in [0.05, 0.1) is 13.0 Å². The second-order valence-corrected chi connectivity index (χ2v) is 4.10. The first-order valence-electron chi connectivity index (χ1n) is 5.08. The highest BCUT2D eigenvalue weighted by atomic mass is 16.4. The highest BCUT2D eigenvalue weighted by Gasteiger charge is 2.23. The van der Waals surface area contributed by atoms with Crippen LogP contribution in [0.1, 0.15) is 22.6 Å². The molecule has 0 saturated heterocycles. The molecular weight excluding hydrogens is 194 g/mol. The molecule has 0 aromatic carbocycles. The number of aryl methyl sites for hydroxylation is 1. The maximum atomic E-state index is 10.7. The number of carbonyl (C=O) groups is 1. The lowest BCUT2D eigenvalue weighted by Crippen LogP contribution is -2.26. The van der Waals surface area contributed by atoms with Crippen molar-refractivity contribution in [2.24, 2.45) is 0 Å². The summed E-state index contributed by atoms with van der Waals surface area (Å²) in [6, 6.07) is 0. The van der Waals surface area contributed by atoms with Crippen LogP contribution in [0.3, 0.4) is 0 Å². The molecule has 0 aliphatic carbocycles. The van der Waals surface area contributed by atoms with Crippen molar-refractivity contribution in [3.8, 4) is 0 Å². The number of carboxylic acid groups (broad SMARTS) is 1. The van der Waals surface area contributed by atoms with Crippen molar-refractivity contribution in [1.82, 2.24) is 4.90 Å². The number of likely N-dealkylation sites (N-methyl/N-ethyl adjacent to an activating group) is 1. The molecule has 1 N–H and O–H groups in total. The Balaban J connectivity index is 2.35. The van der Waals surface area contributed by atoms with E-state index in [0.717, 1.165) is 42.2 Å². The van der Waals surface area contributed by atoms with Gasteiger partial charge in [0.2, 0.25) is 0 Å². The minimum absolute atomic E-state index is 0.0778. The molecule has 2 heterocycles. The smallest absolute Gasteiger partial charge is 0.307 e. The van der Waals surface area contributed by atoms with Crippen molar-refractivity contribution in [1.29, 1.82) is 0 Å². The first-order chi connectivity index (χ1) is 7.08. The molecule has 0 radical (unpaired) electrons. The fourth-order valence-corrected chi connectivity index (χ4v) is 2.12. The van der Waals surface area contributed by atoms with Crippen molar-refractivity contribution in [3.05, 3.63) is 22.6 Å². The highest BCUT2D eigenvalue weighted by Crippen LogP contribution is 2.27. The SMILES string of the molecule is Cc1oc2c(c1CC(=O)O)CCN(C)C2. The van der Waals surface area contributed by atoms with E-state index in [-0.39, 0.29) is 6.42 Å². The van der Waals surface area contributed by atoms with Crippen LogP contribution in [0.2, 0.25) is 0 Å². The second-order valence-electron chi connectivity index (χ2n) is 4.10. The summed E-state index contributed by atoms with van der Waals surface area (Å²) in [5.41, 5.74) is 2.00. The minimum Gasteiger partial charge on any atom is -0.481 e. The van der Waals surface area contributed by atoms with Crippen LogP contribution in [0.15, 0.2) is 4.42 Å². The normalized spacial score (nSPS) is 16.4. The van der Waals surface area contributed by atoms with Crippen LogP contribution >= 0.6 is 0 Å². The van der Waals surface area contributed by atoms with E-state index in [1.54, 1.807) is 0 Å². The average Bonchev–Trinajstić information content (AvgIpc) is 2.41. The van der Waals surface area contributed by atoms with E-state index < -0.39 is 5.97 Å². The van der Waals surface area contributed by atoms with Crippen LogP contribution in [-0.2, 0) is 24.2 Å². The van der Waals surface area contributed by atoms with E-state index in [0.29, 0.717) is 0 Å². The maximum Gasteiger partial charge on any atom is 0.307 e. The molecule has 15 heavy (non-hydrogen) atoms. The first kappa shape index (κ1) is 10.2. The number of furan rings is 1. The fraction of sp³-hybridized carbons (Fsp3) is 0.545. The number of hydrogen-bond acceptors (Lipinski definition) is 3. The van der Waals surface area contributed by atoms with Gasteiger partial charge in [-0.05, 0) is 20.4 Å². The number of aliphatic carboxylic acids is 1. The largest absolute Gasteiger partial charge is 0.481 e. The number of hydrogen-bond donors (Lipinski definition) is 1. The molecule has 0 saturated carbocycles. The molecule has 0 fully saturated rings. The van der Waals surface area contributed by atoms with E-state index >= 15 is 0 Å². The summed E-state index contributed by atoms with van der Waals surface area (Å²) in [5, 5.41) is 8.81. The van der Waals surface area contributed by atoms with Crippen molar-refractivity contribution < 1.29 is 14.3 Å². The Morgan fingerprint density at radius 2 is 2.33 bits per heavy atom. The number of fused-ring (bicyclic) bond motifs is 1. The maximum absolute atomic E-state index is 10.7. The van der Waals surface area contributed by atoms with Gasteiger partial charge in [-0.3, -0.25) is 9.69 Å². The third-order valence-electron chi connectivity index (χ3n) is 2.89. The molecule has 1 aromatic heterocycles. The second kappa shape index (κ2) is 3.70. The summed E-state index contributed by atoms with van der Waals surface area (Å²) >= 11 is 0. The van der Waals surface area contributed by atoms with Gasteiger partial charge in [0.25, 0.3) is 0 Å². The topological polar surface area (TPSA) is 53.7 Å². The minimum atomic E-state index is -0.791. The fourth-order valence-electron chi connectivity index (χ4n) is 2.12. The van der Waals surface area contributed by atoms with Crippen molar-refractivity contribution in [2.45, 2.75) is 26.3 Å². The molecule has 1 aliphatic heterocycles. The lowest BCUT2D eigenvalue weighted by Gasteiger charge is -2.21. The Bertz CT molecular complexity index is 395. The lowest BCUT2D eigenvalue weighted by atomic mass is 10.00. The summed E-state index contributed by atoms with van der Waals surface area (Å²) in [5.74, 6) is 0.913. The van der Waals surface area contributed by atoms with E-state index in [4.69, 9.17) is 9.52 Å². The molecule has 4 heteroatoms. The zero-order valence-corrected chi connectivity index (χ0v) is 9.04. The van der Waals surface area contributed by atoms with Gasteiger partial charge in [0, 0.05) is 17.7 Å². The van der Waals surface area contributed by atoms with Gasteiger partial charge in [0.1, 0.15) is 11.5 Å². The summed E-state index contributed by atoms with van der Waals surface area (Å²) in [7, 11) is 2.04. The van der Waals surface area contributed by atoms with Crippen LogP contribution < -0.4 is 0 Å². The number of carboxylic acids is 1. The molecule has 0 amide bonds. The zero-order valence-electron chi connectivity index (χ0n) is 9.04. The summed E-state index contributed by atoms with van der Waals surface area (Å²) < 4.78 is 5.60. The molecule has 1 aliphatic rings. The van der Waals surface area contributed by atoms with Gasteiger partial charge < -0.3 is 9.52 Å². The molecule has 0 spiro atoms. The van der Waals surface area contributed by atoms with Crippen LogP contribution in [0.25, 0.3) is 0 Å². The van der Waals surface area contributed by atoms with Crippen LogP contribution in [0, 0.1) is 6.92 Å². The average molecular weight is 209 g/mol. The molecular formula is C11H15NO3. The summed E-state index contributed by atoms with van der Waals surface area (Å²) in [6.07, 6.45) is 0.972. The van der Waals surface area contributed by atoms with Crippen LogP contribution in [0.4, 0.5) is 0 Å². The predicted octanol–water partition coefficient (Wildman–Crippen LogP) is 1.20. The Morgan fingerprint density at radius 1 is 1.60 bits per heavy atom. The van der Waals surface area contributed by atoms with Gasteiger partial charge in [-0.2, -0.15) is 0 Å². The van der Waals surface area contributed by atoms with E-state index in [1.165, 1.54) is 0 Å². The Kier molecular flexibility index (Phi) is 2.52. The van der Waals surface area contributed by atoms with Gasteiger partial charge >= 0.3 is 5.97 Å². The quantitative estimate of drug-likeness (QED) is 0.795. The molecule has 0 atom stereocenters. The van der Waals surface area contributed by atoms with Crippen molar-refractivity contribution >= 4 is 5.97 Å². The van der Waals surface area contributed by atoms with Crippen LogP contribution in [-0.4, -0.2) is 29.6 Å².